The second-order valence-corrected chi connectivity index (χ2v) is 6.78. The Labute approximate surface area is 131 Å². The minimum absolute atomic E-state index is 0.0784. The van der Waals surface area contributed by atoms with Gasteiger partial charge in [-0.15, -0.1) is 0 Å². The van der Waals surface area contributed by atoms with Crippen LogP contribution in [0, 0.1) is 0 Å². The van der Waals surface area contributed by atoms with Crippen LogP contribution in [0.15, 0.2) is 0 Å². The van der Waals surface area contributed by atoms with Gasteiger partial charge >= 0.3 is 0 Å². The molecule has 2 N–H and O–H groups in total. The first-order valence-corrected chi connectivity index (χ1v) is 8.12. The predicted molar refractivity (Wildman–Crippen MR) is 87.4 cm³/mol. The van der Waals surface area contributed by atoms with Gasteiger partial charge in [0.15, 0.2) is 0 Å². The van der Waals surface area contributed by atoms with E-state index in [0.717, 1.165) is 19.5 Å². The zero-order valence-corrected chi connectivity index (χ0v) is 15.0. The highest BCUT2D eigenvalue weighted by Crippen LogP contribution is 2.10. The topological polar surface area (TPSA) is 51.8 Å². The van der Waals surface area contributed by atoms with Crippen molar-refractivity contribution in [1.82, 2.24) is 10.6 Å². The molecule has 0 saturated heterocycles. The van der Waals surface area contributed by atoms with Crippen LogP contribution in [-0.4, -0.2) is 50.1 Å². The molecule has 0 aromatic rings. The molecule has 0 aliphatic heterocycles. The second-order valence-electron chi connectivity index (χ2n) is 6.78. The Kier molecular flexibility index (Phi) is 11.3. The molecule has 5 heteroatoms. The molecule has 0 rings (SSSR count). The molecule has 0 aromatic heterocycles. The standard InChI is InChI=1S/C16H36N2O3/c1-13(2)17-9-8-15(5)21-20-12-16(6,7)19-11-10-18-14(3)4/h13-15,17-18H,8-12H2,1-7H3. The summed E-state index contributed by atoms with van der Waals surface area (Å²) in [5.74, 6) is 0. The third kappa shape index (κ3) is 14.5. The largest absolute Gasteiger partial charge is 0.372 e. The monoisotopic (exact) mass is 304 g/mol. The van der Waals surface area contributed by atoms with Gasteiger partial charge < -0.3 is 15.4 Å². The van der Waals surface area contributed by atoms with Crippen LogP contribution in [-0.2, 0) is 14.5 Å². The lowest BCUT2D eigenvalue weighted by atomic mass is 10.1. The minimum atomic E-state index is -0.339. The van der Waals surface area contributed by atoms with E-state index in [4.69, 9.17) is 14.5 Å². The number of ether oxygens (including phenoxy) is 1. The van der Waals surface area contributed by atoms with E-state index < -0.39 is 0 Å². The van der Waals surface area contributed by atoms with Crippen molar-refractivity contribution in [2.75, 3.05) is 26.3 Å². The smallest absolute Gasteiger partial charge is 0.111 e. The number of hydrogen-bond acceptors (Lipinski definition) is 5. The minimum Gasteiger partial charge on any atom is -0.372 e. The summed E-state index contributed by atoms with van der Waals surface area (Å²) in [5.41, 5.74) is -0.339. The van der Waals surface area contributed by atoms with Crippen LogP contribution < -0.4 is 10.6 Å². The fourth-order valence-electron chi connectivity index (χ4n) is 1.63. The van der Waals surface area contributed by atoms with Crippen molar-refractivity contribution in [3.63, 3.8) is 0 Å². The highest BCUT2D eigenvalue weighted by atomic mass is 17.2. The summed E-state index contributed by atoms with van der Waals surface area (Å²) in [5, 5.41) is 6.68. The third-order valence-corrected chi connectivity index (χ3v) is 2.89. The summed E-state index contributed by atoms with van der Waals surface area (Å²) in [7, 11) is 0. The summed E-state index contributed by atoms with van der Waals surface area (Å²) < 4.78 is 5.79. The number of hydrogen-bond donors (Lipinski definition) is 2. The Morgan fingerprint density at radius 2 is 1.48 bits per heavy atom. The maximum absolute atomic E-state index is 5.79. The SMILES string of the molecule is CC(C)NCCOC(C)(C)COOC(C)CCNC(C)C. The molecule has 0 bridgehead atoms. The Bertz CT molecular complexity index is 246. The van der Waals surface area contributed by atoms with Crippen LogP contribution in [0.3, 0.4) is 0 Å². The van der Waals surface area contributed by atoms with Crippen LogP contribution in [0.2, 0.25) is 0 Å². The molecule has 5 nitrogen and oxygen atoms in total. The van der Waals surface area contributed by atoms with Gasteiger partial charge in [-0.1, -0.05) is 27.7 Å². The third-order valence-electron chi connectivity index (χ3n) is 2.89. The van der Waals surface area contributed by atoms with E-state index in [-0.39, 0.29) is 11.7 Å². The summed E-state index contributed by atoms with van der Waals surface area (Å²) in [6.07, 6.45) is 1.01. The molecule has 0 radical (unpaired) electrons. The summed E-state index contributed by atoms with van der Waals surface area (Å²) in [4.78, 5) is 10.7. The van der Waals surface area contributed by atoms with Crippen molar-refractivity contribution < 1.29 is 14.5 Å². The maximum atomic E-state index is 5.79. The molecule has 0 amide bonds. The Morgan fingerprint density at radius 1 is 0.905 bits per heavy atom. The molecule has 0 aliphatic rings. The van der Waals surface area contributed by atoms with E-state index in [1.54, 1.807) is 0 Å². The zero-order valence-electron chi connectivity index (χ0n) is 15.0. The number of rotatable bonds is 13. The Morgan fingerprint density at radius 3 is 2.05 bits per heavy atom. The molecule has 128 valence electrons. The molecule has 0 aromatic carbocycles. The van der Waals surface area contributed by atoms with Gasteiger partial charge in [-0.05, 0) is 33.7 Å². The molecular weight excluding hydrogens is 268 g/mol. The number of nitrogens with one attached hydrogen (secondary N) is 2. The van der Waals surface area contributed by atoms with Crippen molar-refractivity contribution in [2.45, 2.75) is 78.7 Å². The second kappa shape index (κ2) is 11.4. The van der Waals surface area contributed by atoms with E-state index in [1.807, 2.05) is 20.8 Å². The molecule has 0 saturated carbocycles. The van der Waals surface area contributed by atoms with Gasteiger partial charge in [-0.3, -0.25) is 0 Å². The maximum Gasteiger partial charge on any atom is 0.111 e. The highest BCUT2D eigenvalue weighted by molar-refractivity contribution is 4.67. The van der Waals surface area contributed by atoms with Crippen molar-refractivity contribution in [3.8, 4) is 0 Å². The van der Waals surface area contributed by atoms with Crippen LogP contribution in [0.4, 0.5) is 0 Å². The van der Waals surface area contributed by atoms with Crippen LogP contribution in [0.5, 0.6) is 0 Å². The summed E-state index contributed by atoms with van der Waals surface area (Å²) >= 11 is 0. The van der Waals surface area contributed by atoms with Gasteiger partial charge in [0.2, 0.25) is 0 Å². The summed E-state index contributed by atoms with van der Waals surface area (Å²) in [6.45, 7) is 17.4. The first kappa shape index (κ1) is 20.8. The molecule has 0 fully saturated rings. The van der Waals surface area contributed by atoms with Crippen molar-refractivity contribution in [3.05, 3.63) is 0 Å². The quantitative estimate of drug-likeness (QED) is 0.311. The molecule has 1 unspecified atom stereocenters. The Hall–Kier alpha value is -0.200. The van der Waals surface area contributed by atoms with Crippen molar-refractivity contribution >= 4 is 0 Å². The fraction of sp³-hybridized carbons (Fsp3) is 1.00. The average Bonchev–Trinajstić information content (AvgIpc) is 2.34. The molecule has 21 heavy (non-hydrogen) atoms. The molecule has 0 heterocycles. The molecule has 1 atom stereocenters. The lowest BCUT2D eigenvalue weighted by Crippen LogP contribution is -2.35. The molecule has 0 spiro atoms. The van der Waals surface area contributed by atoms with E-state index in [9.17, 15) is 0 Å². The lowest BCUT2D eigenvalue weighted by molar-refractivity contribution is -0.340. The zero-order chi connectivity index (χ0) is 16.3. The lowest BCUT2D eigenvalue weighted by Gasteiger charge is -2.25. The van der Waals surface area contributed by atoms with Crippen molar-refractivity contribution in [2.24, 2.45) is 0 Å². The molecule has 0 aliphatic carbocycles. The van der Waals surface area contributed by atoms with Crippen LogP contribution in [0.1, 0.15) is 54.9 Å². The van der Waals surface area contributed by atoms with Gasteiger partial charge in [0.1, 0.15) is 6.61 Å². The predicted octanol–water partition coefficient (Wildman–Crippen LogP) is 2.50. The normalized spacial score (nSPS) is 14.1. The van der Waals surface area contributed by atoms with Gasteiger partial charge in [-0.25, -0.2) is 9.78 Å². The molecular formula is C16H36N2O3. The van der Waals surface area contributed by atoms with Gasteiger partial charge in [0.25, 0.3) is 0 Å². The van der Waals surface area contributed by atoms with Gasteiger partial charge in [-0.2, -0.15) is 0 Å². The average molecular weight is 304 g/mol. The van der Waals surface area contributed by atoms with Crippen LogP contribution in [0.25, 0.3) is 0 Å². The van der Waals surface area contributed by atoms with Crippen molar-refractivity contribution in [1.29, 1.82) is 0 Å². The van der Waals surface area contributed by atoms with E-state index in [0.29, 0.717) is 25.3 Å². The van der Waals surface area contributed by atoms with Gasteiger partial charge in [0.05, 0.1) is 18.3 Å². The van der Waals surface area contributed by atoms with Crippen LogP contribution >= 0.6 is 0 Å². The fourth-order valence-corrected chi connectivity index (χ4v) is 1.63. The Balaban J connectivity index is 3.63. The summed E-state index contributed by atoms with van der Waals surface area (Å²) in [6, 6.07) is 0.987. The highest BCUT2D eigenvalue weighted by Gasteiger charge is 2.20. The van der Waals surface area contributed by atoms with E-state index in [2.05, 4.69) is 38.3 Å². The van der Waals surface area contributed by atoms with Gasteiger partial charge in [0, 0.05) is 18.6 Å². The van der Waals surface area contributed by atoms with E-state index in [1.165, 1.54) is 0 Å². The first-order valence-electron chi connectivity index (χ1n) is 8.12. The van der Waals surface area contributed by atoms with E-state index >= 15 is 0 Å². The first-order chi connectivity index (χ1) is 9.73.